The molecule has 0 aliphatic heterocycles. The molecule has 0 atom stereocenters. The van der Waals surface area contributed by atoms with Gasteiger partial charge < -0.3 is 4.57 Å². The van der Waals surface area contributed by atoms with Crippen LogP contribution in [0.5, 0.6) is 0 Å². The first-order valence-electron chi connectivity index (χ1n) is 6.95. The van der Waals surface area contributed by atoms with Crippen molar-refractivity contribution < 1.29 is 0 Å². The lowest BCUT2D eigenvalue weighted by molar-refractivity contribution is 0.581. The van der Waals surface area contributed by atoms with Gasteiger partial charge in [0.25, 0.3) is 5.56 Å². The van der Waals surface area contributed by atoms with Gasteiger partial charge in [-0.3, -0.25) is 4.79 Å². The molecule has 0 radical (unpaired) electrons. The van der Waals surface area contributed by atoms with Crippen LogP contribution in [-0.2, 0) is 11.9 Å². The van der Waals surface area contributed by atoms with Gasteiger partial charge in [0, 0.05) is 17.4 Å². The van der Waals surface area contributed by atoms with Crippen LogP contribution in [0.2, 0.25) is 0 Å². The van der Waals surface area contributed by atoms with E-state index in [1.165, 1.54) is 19.3 Å². The summed E-state index contributed by atoms with van der Waals surface area (Å²) in [6, 6.07) is 10.1. The van der Waals surface area contributed by atoms with Gasteiger partial charge in [-0.25, -0.2) is 0 Å². The Bertz CT molecular complexity index is 603. The highest BCUT2D eigenvalue weighted by Gasteiger charge is 2.07. The SMILES string of the molecule is CCCCCCn1c(=O)c(CBr)cc2ccccc21. The average Bonchev–Trinajstić information content (AvgIpc) is 2.45. The molecule has 0 amide bonds. The maximum atomic E-state index is 12.4. The Morgan fingerprint density at radius 1 is 1.16 bits per heavy atom. The van der Waals surface area contributed by atoms with Gasteiger partial charge in [-0.05, 0) is 23.9 Å². The number of nitrogens with zero attached hydrogens (tertiary/aromatic N) is 1. The quantitative estimate of drug-likeness (QED) is 0.568. The molecule has 102 valence electrons. The first-order valence-corrected chi connectivity index (χ1v) is 8.07. The van der Waals surface area contributed by atoms with E-state index in [2.05, 4.69) is 28.9 Å². The fourth-order valence-corrected chi connectivity index (χ4v) is 2.80. The van der Waals surface area contributed by atoms with Crippen LogP contribution in [-0.4, -0.2) is 4.57 Å². The standard InChI is InChI=1S/C16H20BrNO/c1-2-3-4-7-10-18-15-9-6-5-8-13(15)11-14(12-17)16(18)19/h5-6,8-9,11H,2-4,7,10,12H2,1H3. The topological polar surface area (TPSA) is 22.0 Å². The van der Waals surface area contributed by atoms with E-state index in [1.54, 1.807) is 0 Å². The first kappa shape index (κ1) is 14.3. The molecule has 2 aromatic rings. The molecule has 1 aromatic carbocycles. The second kappa shape index (κ2) is 6.90. The summed E-state index contributed by atoms with van der Waals surface area (Å²) in [7, 11) is 0. The molecule has 0 saturated carbocycles. The van der Waals surface area contributed by atoms with E-state index in [1.807, 2.05) is 28.8 Å². The summed E-state index contributed by atoms with van der Waals surface area (Å²) in [5.41, 5.74) is 2.04. The van der Waals surface area contributed by atoms with Gasteiger partial charge in [0.1, 0.15) is 0 Å². The van der Waals surface area contributed by atoms with Crippen molar-refractivity contribution in [1.82, 2.24) is 4.57 Å². The van der Waals surface area contributed by atoms with E-state index in [4.69, 9.17) is 0 Å². The van der Waals surface area contributed by atoms with Crippen molar-refractivity contribution in [2.45, 2.75) is 44.5 Å². The summed E-state index contributed by atoms with van der Waals surface area (Å²) in [6.45, 7) is 3.02. The minimum absolute atomic E-state index is 0.145. The van der Waals surface area contributed by atoms with Crippen LogP contribution in [0.15, 0.2) is 35.1 Å². The molecule has 0 saturated heterocycles. The molecular formula is C16H20BrNO. The number of fused-ring (bicyclic) bond motifs is 1. The molecule has 0 aliphatic rings. The number of aromatic nitrogens is 1. The average molecular weight is 322 g/mol. The molecule has 2 nitrogen and oxygen atoms in total. The molecule has 1 heterocycles. The second-order valence-corrected chi connectivity index (χ2v) is 5.44. The largest absolute Gasteiger partial charge is 0.308 e. The molecule has 0 bridgehead atoms. The molecule has 1 aromatic heterocycles. The van der Waals surface area contributed by atoms with Crippen molar-refractivity contribution in [3.63, 3.8) is 0 Å². The zero-order valence-corrected chi connectivity index (χ0v) is 12.9. The molecule has 0 aliphatic carbocycles. The lowest BCUT2D eigenvalue weighted by Crippen LogP contribution is -2.23. The van der Waals surface area contributed by atoms with E-state index in [-0.39, 0.29) is 5.56 Å². The van der Waals surface area contributed by atoms with Crippen LogP contribution in [0.1, 0.15) is 38.2 Å². The second-order valence-electron chi connectivity index (χ2n) is 4.88. The van der Waals surface area contributed by atoms with Crippen molar-refractivity contribution in [3.05, 3.63) is 46.2 Å². The molecule has 19 heavy (non-hydrogen) atoms. The Morgan fingerprint density at radius 3 is 2.68 bits per heavy atom. The third-order valence-electron chi connectivity index (χ3n) is 3.46. The Morgan fingerprint density at radius 2 is 1.95 bits per heavy atom. The number of pyridine rings is 1. The highest BCUT2D eigenvalue weighted by Crippen LogP contribution is 2.15. The first-order chi connectivity index (χ1) is 9.27. The van der Waals surface area contributed by atoms with Crippen LogP contribution in [0.25, 0.3) is 10.9 Å². The summed E-state index contributed by atoms with van der Waals surface area (Å²) in [4.78, 5) is 12.4. The normalized spacial score (nSPS) is 11.1. The Balaban J connectivity index is 2.38. The summed E-state index contributed by atoms with van der Waals surface area (Å²) in [5.74, 6) is 0. The zero-order valence-electron chi connectivity index (χ0n) is 11.4. The van der Waals surface area contributed by atoms with E-state index >= 15 is 0 Å². The van der Waals surface area contributed by atoms with Crippen LogP contribution in [0, 0.1) is 0 Å². The number of halogens is 1. The lowest BCUT2D eigenvalue weighted by atomic mass is 10.1. The molecule has 0 N–H and O–H groups in total. The summed E-state index contributed by atoms with van der Waals surface area (Å²) < 4.78 is 1.93. The molecule has 0 fully saturated rings. The van der Waals surface area contributed by atoms with Gasteiger partial charge >= 0.3 is 0 Å². The molecule has 3 heteroatoms. The smallest absolute Gasteiger partial charge is 0.255 e. The van der Waals surface area contributed by atoms with Gasteiger partial charge in [0.2, 0.25) is 0 Å². The monoisotopic (exact) mass is 321 g/mol. The van der Waals surface area contributed by atoms with Crippen molar-refractivity contribution in [2.24, 2.45) is 0 Å². The lowest BCUT2D eigenvalue weighted by Gasteiger charge is -2.12. The summed E-state index contributed by atoms with van der Waals surface area (Å²) in [6.07, 6.45) is 4.72. The Hall–Kier alpha value is -1.09. The maximum absolute atomic E-state index is 12.4. The molecule has 0 unspecified atom stereocenters. The van der Waals surface area contributed by atoms with Crippen molar-refractivity contribution in [3.8, 4) is 0 Å². The van der Waals surface area contributed by atoms with Crippen LogP contribution in [0.3, 0.4) is 0 Å². The van der Waals surface area contributed by atoms with Gasteiger partial charge in [-0.15, -0.1) is 0 Å². The number of hydrogen-bond donors (Lipinski definition) is 0. The fraction of sp³-hybridized carbons (Fsp3) is 0.438. The third kappa shape index (κ3) is 3.27. The number of para-hydroxylation sites is 1. The van der Waals surface area contributed by atoms with Gasteiger partial charge in [0.05, 0.1) is 5.52 Å². The molecule has 0 spiro atoms. The summed E-state index contributed by atoms with van der Waals surface area (Å²) >= 11 is 3.41. The number of aryl methyl sites for hydroxylation is 1. The highest BCUT2D eigenvalue weighted by molar-refractivity contribution is 9.08. The maximum Gasteiger partial charge on any atom is 0.255 e. The number of rotatable bonds is 6. The van der Waals surface area contributed by atoms with Crippen LogP contribution in [0.4, 0.5) is 0 Å². The molecular weight excluding hydrogens is 302 g/mol. The number of alkyl halides is 1. The van der Waals surface area contributed by atoms with Crippen molar-refractivity contribution >= 4 is 26.8 Å². The van der Waals surface area contributed by atoms with Gasteiger partial charge in [-0.2, -0.15) is 0 Å². The predicted molar refractivity (Wildman–Crippen MR) is 85.0 cm³/mol. The third-order valence-corrected chi connectivity index (χ3v) is 4.06. The van der Waals surface area contributed by atoms with E-state index in [9.17, 15) is 4.79 Å². The highest BCUT2D eigenvalue weighted by atomic mass is 79.9. The predicted octanol–water partition coefficient (Wildman–Crippen LogP) is 4.48. The Labute approximate surface area is 122 Å². The minimum atomic E-state index is 0.145. The van der Waals surface area contributed by atoms with E-state index in [0.29, 0.717) is 5.33 Å². The fourth-order valence-electron chi connectivity index (χ4n) is 2.40. The molecule has 2 rings (SSSR count). The number of hydrogen-bond acceptors (Lipinski definition) is 1. The van der Waals surface area contributed by atoms with E-state index < -0.39 is 0 Å². The Kier molecular flexibility index (Phi) is 5.20. The van der Waals surface area contributed by atoms with Crippen LogP contribution >= 0.6 is 15.9 Å². The number of benzene rings is 1. The van der Waals surface area contributed by atoms with Gasteiger partial charge in [0.15, 0.2) is 0 Å². The van der Waals surface area contributed by atoms with Crippen molar-refractivity contribution in [1.29, 1.82) is 0 Å². The zero-order chi connectivity index (χ0) is 13.7. The van der Waals surface area contributed by atoms with Crippen LogP contribution < -0.4 is 5.56 Å². The minimum Gasteiger partial charge on any atom is -0.308 e. The number of unbranched alkanes of at least 4 members (excludes halogenated alkanes) is 3. The van der Waals surface area contributed by atoms with E-state index in [0.717, 1.165) is 29.4 Å². The van der Waals surface area contributed by atoms with Gasteiger partial charge in [-0.1, -0.05) is 60.3 Å². The summed E-state index contributed by atoms with van der Waals surface area (Å²) in [5, 5.41) is 1.76. The van der Waals surface area contributed by atoms with Crippen molar-refractivity contribution in [2.75, 3.05) is 0 Å².